The maximum absolute atomic E-state index is 6.04. The molecule has 1 aromatic heterocycles. The SMILES string of the molecule is Cc1cc(C(Cc2sccc2Br)NN)ccc1Cl. The number of benzene rings is 1. The monoisotopic (exact) mass is 344 g/mol. The Labute approximate surface area is 124 Å². The van der Waals surface area contributed by atoms with E-state index in [0.717, 1.165) is 27.0 Å². The van der Waals surface area contributed by atoms with Crippen LogP contribution in [0, 0.1) is 6.92 Å². The van der Waals surface area contributed by atoms with Crippen LogP contribution in [0.1, 0.15) is 22.0 Å². The van der Waals surface area contributed by atoms with Crippen molar-refractivity contribution >= 4 is 38.9 Å². The molecule has 2 rings (SSSR count). The molecular formula is C13H14BrClN2S. The lowest BCUT2D eigenvalue weighted by molar-refractivity contribution is 0.554. The van der Waals surface area contributed by atoms with Crippen LogP contribution in [0.4, 0.5) is 0 Å². The molecule has 0 saturated heterocycles. The van der Waals surface area contributed by atoms with Gasteiger partial charge < -0.3 is 0 Å². The van der Waals surface area contributed by atoms with Crippen molar-refractivity contribution in [1.82, 2.24) is 5.43 Å². The number of hydrogen-bond acceptors (Lipinski definition) is 3. The molecule has 1 aromatic carbocycles. The van der Waals surface area contributed by atoms with Crippen molar-refractivity contribution in [2.24, 2.45) is 5.84 Å². The zero-order valence-electron chi connectivity index (χ0n) is 9.91. The van der Waals surface area contributed by atoms with Gasteiger partial charge in [0.05, 0.1) is 6.04 Å². The zero-order valence-corrected chi connectivity index (χ0v) is 13.1. The maximum Gasteiger partial charge on any atom is 0.0508 e. The molecule has 0 saturated carbocycles. The quantitative estimate of drug-likeness (QED) is 0.643. The second-order valence-corrected chi connectivity index (χ2v) is 6.39. The normalized spacial score (nSPS) is 12.7. The molecule has 96 valence electrons. The van der Waals surface area contributed by atoms with Crippen molar-refractivity contribution in [2.45, 2.75) is 19.4 Å². The van der Waals surface area contributed by atoms with E-state index in [4.69, 9.17) is 17.4 Å². The molecule has 0 aliphatic rings. The predicted octanol–water partition coefficient (Wildman–Crippen LogP) is 4.22. The number of hydrazine groups is 1. The third-order valence-electron chi connectivity index (χ3n) is 2.87. The Hall–Kier alpha value is -0.390. The smallest absolute Gasteiger partial charge is 0.0508 e. The highest BCUT2D eigenvalue weighted by atomic mass is 79.9. The summed E-state index contributed by atoms with van der Waals surface area (Å²) in [5.41, 5.74) is 5.09. The maximum atomic E-state index is 6.04. The van der Waals surface area contributed by atoms with Gasteiger partial charge in [0.15, 0.2) is 0 Å². The van der Waals surface area contributed by atoms with Gasteiger partial charge in [0.25, 0.3) is 0 Å². The van der Waals surface area contributed by atoms with Gasteiger partial charge >= 0.3 is 0 Å². The number of nitrogens with one attached hydrogen (secondary N) is 1. The van der Waals surface area contributed by atoms with E-state index < -0.39 is 0 Å². The highest BCUT2D eigenvalue weighted by Crippen LogP contribution is 2.29. The summed E-state index contributed by atoms with van der Waals surface area (Å²) in [7, 11) is 0. The van der Waals surface area contributed by atoms with Crippen LogP contribution in [-0.2, 0) is 6.42 Å². The van der Waals surface area contributed by atoms with E-state index in [1.807, 2.05) is 19.1 Å². The Balaban J connectivity index is 2.23. The largest absolute Gasteiger partial charge is 0.271 e. The summed E-state index contributed by atoms with van der Waals surface area (Å²) >= 11 is 11.3. The molecule has 0 aliphatic heterocycles. The van der Waals surface area contributed by atoms with Gasteiger partial charge in [0.1, 0.15) is 0 Å². The first-order chi connectivity index (χ1) is 8.61. The second-order valence-electron chi connectivity index (χ2n) is 4.12. The summed E-state index contributed by atoms with van der Waals surface area (Å²) in [6.07, 6.45) is 0.857. The molecule has 0 spiro atoms. The molecule has 18 heavy (non-hydrogen) atoms. The van der Waals surface area contributed by atoms with E-state index >= 15 is 0 Å². The van der Waals surface area contributed by atoms with Crippen LogP contribution in [0.3, 0.4) is 0 Å². The Bertz CT molecular complexity index is 542. The van der Waals surface area contributed by atoms with Crippen molar-refractivity contribution in [3.05, 3.63) is 55.1 Å². The third kappa shape index (κ3) is 3.13. The number of nitrogens with two attached hydrogens (primary N) is 1. The van der Waals surface area contributed by atoms with E-state index in [1.54, 1.807) is 11.3 Å². The molecule has 2 nitrogen and oxygen atoms in total. The average Bonchev–Trinajstić information content (AvgIpc) is 2.75. The van der Waals surface area contributed by atoms with Crippen molar-refractivity contribution in [1.29, 1.82) is 0 Å². The summed E-state index contributed by atoms with van der Waals surface area (Å²) in [5, 5.41) is 2.85. The van der Waals surface area contributed by atoms with Gasteiger partial charge in [-0.15, -0.1) is 11.3 Å². The number of halogens is 2. The fourth-order valence-electron chi connectivity index (χ4n) is 1.81. The topological polar surface area (TPSA) is 38.0 Å². The molecule has 1 unspecified atom stereocenters. The lowest BCUT2D eigenvalue weighted by Gasteiger charge is -2.17. The van der Waals surface area contributed by atoms with Crippen molar-refractivity contribution in [2.75, 3.05) is 0 Å². The van der Waals surface area contributed by atoms with Gasteiger partial charge in [-0.25, -0.2) is 0 Å². The van der Waals surface area contributed by atoms with Crippen LogP contribution in [0.15, 0.2) is 34.1 Å². The molecular weight excluding hydrogens is 332 g/mol. The number of thiophene rings is 1. The summed E-state index contributed by atoms with van der Waals surface area (Å²) in [4.78, 5) is 1.28. The van der Waals surface area contributed by atoms with Crippen LogP contribution in [0.25, 0.3) is 0 Å². The Morgan fingerprint density at radius 2 is 2.22 bits per heavy atom. The number of rotatable bonds is 4. The number of hydrogen-bond donors (Lipinski definition) is 2. The summed E-state index contributed by atoms with van der Waals surface area (Å²) in [5.74, 6) is 5.67. The van der Waals surface area contributed by atoms with Gasteiger partial charge in [-0.2, -0.15) is 0 Å². The molecule has 0 fully saturated rings. The first-order valence-corrected chi connectivity index (χ1v) is 7.61. The molecule has 0 aliphatic carbocycles. The third-order valence-corrected chi connectivity index (χ3v) is 5.24. The van der Waals surface area contributed by atoms with Crippen molar-refractivity contribution in [3.63, 3.8) is 0 Å². The average molecular weight is 346 g/mol. The van der Waals surface area contributed by atoms with Crippen LogP contribution in [0.5, 0.6) is 0 Å². The lowest BCUT2D eigenvalue weighted by atomic mass is 10.0. The first-order valence-electron chi connectivity index (χ1n) is 5.56. The van der Waals surface area contributed by atoms with E-state index in [-0.39, 0.29) is 6.04 Å². The predicted molar refractivity (Wildman–Crippen MR) is 82.0 cm³/mol. The number of aryl methyl sites for hydroxylation is 1. The first kappa shape index (κ1) is 14.0. The summed E-state index contributed by atoms with van der Waals surface area (Å²) in [6, 6.07) is 8.16. The minimum atomic E-state index is 0.0934. The molecule has 0 bridgehead atoms. The fourth-order valence-corrected chi connectivity index (χ4v) is 3.49. The van der Waals surface area contributed by atoms with Gasteiger partial charge in [-0.3, -0.25) is 11.3 Å². The van der Waals surface area contributed by atoms with E-state index in [2.05, 4.69) is 38.9 Å². The van der Waals surface area contributed by atoms with Crippen LogP contribution in [-0.4, -0.2) is 0 Å². The van der Waals surface area contributed by atoms with Gasteiger partial charge in [0, 0.05) is 20.8 Å². The molecule has 1 heterocycles. The lowest BCUT2D eigenvalue weighted by Crippen LogP contribution is -2.29. The minimum Gasteiger partial charge on any atom is -0.271 e. The molecule has 0 radical (unpaired) electrons. The molecule has 2 aromatic rings. The van der Waals surface area contributed by atoms with Gasteiger partial charge in [-0.05, 0) is 51.5 Å². The van der Waals surface area contributed by atoms with Gasteiger partial charge in [0.2, 0.25) is 0 Å². The summed E-state index contributed by atoms with van der Waals surface area (Å²) in [6.45, 7) is 2.00. The Kier molecular flexibility index (Phi) is 4.81. The molecule has 1 atom stereocenters. The minimum absolute atomic E-state index is 0.0934. The zero-order chi connectivity index (χ0) is 13.1. The van der Waals surface area contributed by atoms with Crippen LogP contribution >= 0.6 is 38.9 Å². The standard InChI is InChI=1S/C13H14BrClN2S/c1-8-6-9(2-3-11(8)15)12(17-16)7-13-10(14)4-5-18-13/h2-6,12,17H,7,16H2,1H3. The van der Waals surface area contributed by atoms with E-state index in [0.29, 0.717) is 0 Å². The highest BCUT2D eigenvalue weighted by Gasteiger charge is 2.14. The van der Waals surface area contributed by atoms with E-state index in [1.165, 1.54) is 4.88 Å². The molecule has 3 N–H and O–H groups in total. The van der Waals surface area contributed by atoms with Gasteiger partial charge in [-0.1, -0.05) is 23.7 Å². The molecule has 0 amide bonds. The van der Waals surface area contributed by atoms with Crippen LogP contribution in [0.2, 0.25) is 5.02 Å². The Morgan fingerprint density at radius 1 is 1.44 bits per heavy atom. The van der Waals surface area contributed by atoms with Crippen molar-refractivity contribution < 1.29 is 0 Å². The summed E-state index contributed by atoms with van der Waals surface area (Å²) < 4.78 is 1.14. The fraction of sp³-hybridized carbons (Fsp3) is 0.231. The highest BCUT2D eigenvalue weighted by molar-refractivity contribution is 9.10. The van der Waals surface area contributed by atoms with E-state index in [9.17, 15) is 0 Å². The second kappa shape index (κ2) is 6.17. The van der Waals surface area contributed by atoms with Crippen molar-refractivity contribution in [3.8, 4) is 0 Å². The molecule has 5 heteroatoms. The Morgan fingerprint density at radius 3 is 2.78 bits per heavy atom. The van der Waals surface area contributed by atoms with Crippen LogP contribution < -0.4 is 11.3 Å².